The Morgan fingerprint density at radius 1 is 0.321 bits per heavy atom. The molecule has 50 nitrogen and oxygen atoms in total. The monoisotopic (exact) mass is 1600 g/mol. The number of carboxylic acids is 2. The number of aliphatic hydroxyl groups excluding tert-OH is 4. The summed E-state index contributed by atoms with van der Waals surface area (Å²) in [6, 6.07) is -25.9. The second-order valence-corrected chi connectivity index (χ2v) is 26.2. The fourth-order valence-electron chi connectivity index (χ4n) is 9.67. The van der Waals surface area contributed by atoms with E-state index in [1.165, 1.54) is 27.7 Å². The first kappa shape index (κ1) is 99.9. The summed E-state index contributed by atoms with van der Waals surface area (Å²) in [7, 11) is 0. The summed E-state index contributed by atoms with van der Waals surface area (Å²) >= 11 is 0. The van der Waals surface area contributed by atoms with Gasteiger partial charge in [0.25, 0.3) is 0 Å². The summed E-state index contributed by atoms with van der Waals surface area (Å²) in [6.45, 7) is 5.11. The Kier molecular flexibility index (Phi) is 44.5. The van der Waals surface area contributed by atoms with Gasteiger partial charge in [-0.1, -0.05) is 27.7 Å². The van der Waals surface area contributed by atoms with Crippen molar-refractivity contribution >= 4 is 130 Å². The van der Waals surface area contributed by atoms with E-state index in [0.717, 1.165) is 20.8 Å². The van der Waals surface area contributed by atoms with Crippen molar-refractivity contribution in [2.75, 3.05) is 26.3 Å². The summed E-state index contributed by atoms with van der Waals surface area (Å²) in [5, 5.41) is 99.6. The van der Waals surface area contributed by atoms with Gasteiger partial charge >= 0.3 is 11.9 Å². The maximum Gasteiger partial charge on any atom is 0.322 e. The molecule has 0 fully saturated rings. The second kappa shape index (κ2) is 49.9. The Balaban J connectivity index is 6.82. The highest BCUT2D eigenvalue weighted by Gasteiger charge is 2.40. The molecule has 0 unspecified atom stereocenters. The van der Waals surface area contributed by atoms with Crippen molar-refractivity contribution in [2.45, 2.75) is 216 Å². The van der Waals surface area contributed by atoms with Gasteiger partial charge in [0.15, 0.2) is 5.96 Å². The lowest BCUT2D eigenvalue weighted by Crippen LogP contribution is -2.63. The van der Waals surface area contributed by atoms with Crippen molar-refractivity contribution in [2.24, 2.45) is 52.0 Å². The number of carboxylic acid groups (broad SMARTS) is 2. The number of guanidine groups is 1. The molecule has 0 radical (unpaired) electrons. The quantitative estimate of drug-likeness (QED) is 0.0153. The molecule has 0 aromatic heterocycles. The van der Waals surface area contributed by atoms with Gasteiger partial charge in [0.05, 0.1) is 50.7 Å². The maximum atomic E-state index is 14.1. The molecule has 16 atom stereocenters. The molecule has 36 N–H and O–H groups in total. The van der Waals surface area contributed by atoms with Crippen LogP contribution in [0.5, 0.6) is 0 Å². The van der Waals surface area contributed by atoms with Crippen LogP contribution in [0, 0.1) is 17.2 Å². The van der Waals surface area contributed by atoms with E-state index in [-0.39, 0.29) is 32.2 Å². The van der Waals surface area contributed by atoms with Gasteiger partial charge in [-0.2, -0.15) is 0 Å². The van der Waals surface area contributed by atoms with Crippen LogP contribution in [0.4, 0.5) is 0 Å². The molecule has 0 aliphatic rings. The van der Waals surface area contributed by atoms with E-state index in [4.69, 9.17) is 55.8 Å². The highest BCUT2D eigenvalue weighted by atomic mass is 16.4. The number of aliphatic hydroxyl groups is 4. The largest absolute Gasteiger partial charge is 0.481 e. The van der Waals surface area contributed by atoms with E-state index in [2.05, 4.69) is 69.1 Å². The molecule has 0 spiro atoms. The second-order valence-electron chi connectivity index (χ2n) is 26.2. The van der Waals surface area contributed by atoms with Crippen LogP contribution in [0.1, 0.15) is 119 Å². The van der Waals surface area contributed by atoms with Crippen LogP contribution in [-0.2, 0) is 101 Å². The van der Waals surface area contributed by atoms with Crippen LogP contribution in [0.2, 0.25) is 0 Å². The van der Waals surface area contributed by atoms with Crippen LogP contribution in [0.25, 0.3) is 0 Å². The Labute approximate surface area is 638 Å². The zero-order chi connectivity index (χ0) is 86.3. The Morgan fingerprint density at radius 3 is 1.04 bits per heavy atom. The number of hydrogen-bond donors (Lipinski definition) is 29. The predicted molar refractivity (Wildman–Crippen MR) is 381 cm³/mol. The molecule has 630 valence electrons. The van der Waals surface area contributed by atoms with Crippen molar-refractivity contribution in [1.82, 2.24) is 79.8 Å². The summed E-state index contributed by atoms with van der Waals surface area (Å²) in [4.78, 5) is 273. The Bertz CT molecular complexity index is 3410. The van der Waals surface area contributed by atoms with E-state index in [9.17, 15) is 121 Å². The summed E-state index contributed by atoms with van der Waals surface area (Å²) < 4.78 is 0. The molecule has 0 heterocycles. The van der Waals surface area contributed by atoms with E-state index in [1.807, 2.05) is 10.6 Å². The number of amides is 19. The van der Waals surface area contributed by atoms with Crippen molar-refractivity contribution in [3.63, 3.8) is 0 Å². The summed E-state index contributed by atoms with van der Waals surface area (Å²) in [5.74, 6) is -28.8. The molecule has 0 rings (SSSR count). The minimum absolute atomic E-state index is 0.102. The topological polar surface area (TPSA) is 866 Å². The van der Waals surface area contributed by atoms with Gasteiger partial charge in [0.1, 0.15) is 85.1 Å². The molecule has 0 saturated heterocycles. The zero-order valence-corrected chi connectivity index (χ0v) is 62.3. The Hall–Kier alpha value is -12.1. The van der Waals surface area contributed by atoms with Gasteiger partial charge in [0, 0.05) is 25.8 Å². The molecule has 0 aliphatic heterocycles. The fraction of sp³-hybridized carbons (Fsp3) is 0.645. The normalized spacial score (nSPS) is 15.3. The molecule has 0 bridgehead atoms. The summed E-state index contributed by atoms with van der Waals surface area (Å²) in [6.07, 6.45) is -10.4. The van der Waals surface area contributed by atoms with Crippen LogP contribution in [-0.4, -0.2) is 284 Å². The molecule has 0 aromatic rings. The third kappa shape index (κ3) is 38.3. The fourth-order valence-corrected chi connectivity index (χ4v) is 9.67. The van der Waals surface area contributed by atoms with Gasteiger partial charge < -0.3 is 151 Å². The SMILES string of the molecule is CC(C)[C@H](NC(=O)[C@H](CC(N)=O)NC(=O)[C@H](CCC(N)=O)NC(=O)[C@@H](NC(=O)[C@H](CO)NC(=O)[C@@H](N)CCC(N)=O)[C@@H](C)O)C(=O)N[C@H](C(=O)N[C@H](C(=O)N[C@@H](CC(N)=O)C(=O)N[C@@H](C)C(=O)N[C@@H](CCCNC(=N)N)C(=O)N[C@@H](CC(N)=O)C(=O)N[C@@H](CO)C(=O)N[C@@H](CCC(=O)O)C(=O)NCC(=O)O)C(C)C)[C@@H](C)O. The first-order valence-corrected chi connectivity index (χ1v) is 34.5. The molecule has 0 saturated carbocycles. The number of hydrogen-bond acceptors (Lipinski definition) is 27. The smallest absolute Gasteiger partial charge is 0.322 e. The minimum atomic E-state index is -2.03. The number of carbonyl (C=O) groups excluding carboxylic acids is 19. The number of carbonyl (C=O) groups is 21. The number of nitrogens with two attached hydrogens (primary N) is 7. The highest BCUT2D eigenvalue weighted by molar-refractivity contribution is 6.02. The van der Waals surface area contributed by atoms with E-state index >= 15 is 0 Å². The standard InChI is InChI=1S/C62H105N23O27/c1-23(2)44(58(109)79-32(17-39(66)92)53(104)73-25(5)48(99)74-29(9-8-16-71-62(69)70)51(102)77-33(18-40(67)93)54(105)81-35(21-86)56(107)75-30(12-15-42(95)96)50(101)72-20-43(97)98)83-61(112)47(27(7)89)85-59(110)45(24(3)4)82-55(106)34(19-41(68)94)78-52(103)31(11-14-38(65)91)76-60(111)46(26(6)88)84-57(108)36(22-87)80-49(100)28(63)10-13-37(64)90/h23-36,44-47,86-89H,8-22,63H2,1-7H3,(H2,64,90)(H2,65,91)(H2,66,92)(H2,67,93)(H2,68,94)(H,72,101)(H,73,104)(H,74,99)(H,75,107)(H,76,111)(H,77,102)(H,78,103)(H,79,109)(H,80,100)(H,81,105)(H,82,106)(H,83,112)(H,84,108)(H,85,110)(H,95,96)(H,97,98)(H4,69,70,71)/t25-,26+,27+,28-,29-,30-,31-,32-,33-,34-,35-,36-,44-,45-,46-,47-/m0/s1. The lowest BCUT2D eigenvalue weighted by Gasteiger charge is -2.30. The number of aliphatic carboxylic acids is 2. The van der Waals surface area contributed by atoms with Crippen LogP contribution in [0.3, 0.4) is 0 Å². The average Bonchev–Trinajstić information content (AvgIpc) is 0.851. The van der Waals surface area contributed by atoms with Crippen molar-refractivity contribution in [3.8, 4) is 0 Å². The van der Waals surface area contributed by atoms with E-state index < -0.39 is 303 Å². The average molecular weight is 1600 g/mol. The van der Waals surface area contributed by atoms with Gasteiger partial charge in [-0.3, -0.25) is 106 Å². The highest BCUT2D eigenvalue weighted by Crippen LogP contribution is 2.12. The van der Waals surface area contributed by atoms with Gasteiger partial charge in [-0.15, -0.1) is 0 Å². The lowest BCUT2D eigenvalue weighted by molar-refractivity contribution is -0.140. The molecule has 112 heavy (non-hydrogen) atoms. The zero-order valence-electron chi connectivity index (χ0n) is 62.3. The predicted octanol–water partition coefficient (Wildman–Crippen LogP) is -15.8. The maximum absolute atomic E-state index is 14.1. The molecule has 0 aliphatic carbocycles. The number of rotatable bonds is 54. The van der Waals surface area contributed by atoms with Crippen LogP contribution < -0.4 is 120 Å². The van der Waals surface area contributed by atoms with E-state index in [0.29, 0.717) is 0 Å². The van der Waals surface area contributed by atoms with Crippen LogP contribution in [0.15, 0.2) is 0 Å². The van der Waals surface area contributed by atoms with Gasteiger partial charge in [-0.25, -0.2) is 0 Å². The van der Waals surface area contributed by atoms with Crippen molar-refractivity contribution in [1.29, 1.82) is 5.41 Å². The van der Waals surface area contributed by atoms with Gasteiger partial charge in [-0.05, 0) is 64.7 Å². The third-order valence-electron chi connectivity index (χ3n) is 15.8. The molecule has 50 heteroatoms. The molecule has 0 aromatic carbocycles. The first-order valence-electron chi connectivity index (χ1n) is 34.5. The molecular formula is C62H105N23O27. The third-order valence-corrected chi connectivity index (χ3v) is 15.8. The number of nitrogens with one attached hydrogen (secondary N) is 16. The van der Waals surface area contributed by atoms with Crippen molar-refractivity contribution < 1.29 is 131 Å². The minimum Gasteiger partial charge on any atom is -0.481 e. The molecule has 19 amide bonds. The van der Waals surface area contributed by atoms with Crippen LogP contribution >= 0.6 is 0 Å². The van der Waals surface area contributed by atoms with Gasteiger partial charge in [0.2, 0.25) is 112 Å². The first-order chi connectivity index (χ1) is 52.0. The molecular weight excluding hydrogens is 1500 g/mol. The van der Waals surface area contributed by atoms with E-state index in [1.54, 1.807) is 0 Å². The number of primary amides is 5. The lowest BCUT2D eigenvalue weighted by atomic mass is 9.99. The Morgan fingerprint density at radius 2 is 0.625 bits per heavy atom. The van der Waals surface area contributed by atoms with Crippen molar-refractivity contribution in [3.05, 3.63) is 0 Å². The summed E-state index contributed by atoms with van der Waals surface area (Å²) in [5.41, 5.74) is 37.7.